The van der Waals surface area contributed by atoms with Gasteiger partial charge in [-0.3, -0.25) is 0 Å². The number of nitrogens with two attached hydrogens (primary N) is 1. The largest absolute Gasteiger partial charge is 0.432 e. The molecule has 0 aliphatic carbocycles. The Morgan fingerprint density at radius 1 is 1.11 bits per heavy atom. The number of hydrogen-bond donors (Lipinski definition) is 1. The SMILES string of the molecule is CC(OC(N)=O)(c1ccccc1)c1c(C(F)(F)F)cnn1-c1ccc(Br)cc1. The average Bonchev–Trinajstić information content (AvgIpc) is 3.08. The first kappa shape index (κ1) is 19.9. The second-order valence-electron chi connectivity index (χ2n) is 6.11. The lowest BCUT2D eigenvalue weighted by Gasteiger charge is -2.31. The molecule has 0 fully saturated rings. The molecule has 0 saturated heterocycles. The summed E-state index contributed by atoms with van der Waals surface area (Å²) in [4.78, 5) is 11.6. The van der Waals surface area contributed by atoms with Crippen molar-refractivity contribution in [2.45, 2.75) is 18.7 Å². The third-order valence-corrected chi connectivity index (χ3v) is 4.76. The van der Waals surface area contributed by atoms with Gasteiger partial charge < -0.3 is 10.5 Å². The van der Waals surface area contributed by atoms with Gasteiger partial charge >= 0.3 is 12.3 Å². The zero-order valence-electron chi connectivity index (χ0n) is 14.6. The number of ether oxygens (including phenoxy) is 1. The Bertz CT molecular complexity index is 988. The number of nitrogens with zero attached hydrogens (tertiary/aromatic N) is 2. The first-order valence-electron chi connectivity index (χ1n) is 8.08. The van der Waals surface area contributed by atoms with Crippen LogP contribution in [0, 0.1) is 0 Å². The summed E-state index contributed by atoms with van der Waals surface area (Å²) >= 11 is 3.29. The molecule has 1 unspecified atom stereocenters. The molecule has 146 valence electrons. The number of alkyl halides is 3. The Hall–Kier alpha value is -2.81. The number of hydrogen-bond acceptors (Lipinski definition) is 3. The fourth-order valence-electron chi connectivity index (χ4n) is 2.99. The van der Waals surface area contributed by atoms with E-state index in [-0.39, 0.29) is 5.69 Å². The van der Waals surface area contributed by atoms with Crippen LogP contribution in [0.5, 0.6) is 0 Å². The fraction of sp³-hybridized carbons (Fsp3) is 0.158. The van der Waals surface area contributed by atoms with E-state index in [1.807, 2.05) is 0 Å². The maximum atomic E-state index is 13.8. The van der Waals surface area contributed by atoms with Crippen LogP contribution in [0.2, 0.25) is 0 Å². The Labute approximate surface area is 167 Å². The zero-order valence-corrected chi connectivity index (χ0v) is 16.2. The molecule has 0 bridgehead atoms. The smallest absolute Gasteiger partial charge is 0.419 e. The van der Waals surface area contributed by atoms with Crippen LogP contribution in [0.25, 0.3) is 5.69 Å². The van der Waals surface area contributed by atoms with E-state index in [0.717, 1.165) is 9.15 Å². The second kappa shape index (κ2) is 7.31. The lowest BCUT2D eigenvalue weighted by atomic mass is 9.89. The summed E-state index contributed by atoms with van der Waals surface area (Å²) in [5.74, 6) is 0. The topological polar surface area (TPSA) is 70.1 Å². The third kappa shape index (κ3) is 3.75. The van der Waals surface area contributed by atoms with Gasteiger partial charge in [-0.25, -0.2) is 9.48 Å². The van der Waals surface area contributed by atoms with E-state index in [2.05, 4.69) is 21.0 Å². The van der Waals surface area contributed by atoms with Crippen LogP contribution in [0.3, 0.4) is 0 Å². The lowest BCUT2D eigenvalue weighted by molar-refractivity contribution is -0.140. The van der Waals surface area contributed by atoms with E-state index in [0.29, 0.717) is 17.4 Å². The van der Waals surface area contributed by atoms with E-state index < -0.39 is 23.4 Å². The first-order valence-corrected chi connectivity index (χ1v) is 8.88. The monoisotopic (exact) mass is 453 g/mol. The van der Waals surface area contributed by atoms with Gasteiger partial charge in [0.25, 0.3) is 0 Å². The van der Waals surface area contributed by atoms with Crippen molar-refractivity contribution in [1.29, 1.82) is 0 Å². The van der Waals surface area contributed by atoms with Crippen LogP contribution in [-0.4, -0.2) is 15.9 Å². The molecular weight excluding hydrogens is 439 g/mol. The molecule has 3 rings (SSSR count). The first-order chi connectivity index (χ1) is 13.1. The van der Waals surface area contributed by atoms with Crippen LogP contribution < -0.4 is 5.73 Å². The van der Waals surface area contributed by atoms with Crippen molar-refractivity contribution in [1.82, 2.24) is 9.78 Å². The van der Waals surface area contributed by atoms with Crippen LogP contribution in [-0.2, 0) is 16.5 Å². The van der Waals surface area contributed by atoms with Gasteiger partial charge in [-0.05, 0) is 31.2 Å². The molecule has 0 aliphatic rings. The van der Waals surface area contributed by atoms with Gasteiger partial charge in [0.2, 0.25) is 0 Å². The lowest BCUT2D eigenvalue weighted by Crippen LogP contribution is -2.36. The standard InChI is InChI=1S/C19H15BrF3N3O2/c1-18(28-17(24)27,12-5-3-2-4-6-12)16-15(19(21,22)23)11-25-26(16)14-9-7-13(20)8-10-14/h2-11H,1H3,(H2,24,27). The van der Waals surface area contributed by atoms with Crippen molar-refractivity contribution < 1.29 is 22.7 Å². The minimum Gasteiger partial charge on any atom is -0.432 e. The molecule has 0 spiro atoms. The van der Waals surface area contributed by atoms with Gasteiger partial charge in [-0.1, -0.05) is 46.3 Å². The molecule has 1 aromatic heterocycles. The third-order valence-electron chi connectivity index (χ3n) is 4.23. The number of amides is 1. The fourth-order valence-corrected chi connectivity index (χ4v) is 3.26. The minimum absolute atomic E-state index is 0.318. The number of halogens is 4. The maximum Gasteiger partial charge on any atom is 0.419 e. The van der Waals surface area contributed by atoms with Crippen LogP contribution in [0.15, 0.2) is 65.3 Å². The molecule has 3 aromatic rings. The Morgan fingerprint density at radius 2 is 1.71 bits per heavy atom. The van der Waals surface area contributed by atoms with Gasteiger partial charge in [-0.15, -0.1) is 0 Å². The molecule has 28 heavy (non-hydrogen) atoms. The number of carbonyl (C=O) groups is 1. The quantitative estimate of drug-likeness (QED) is 0.603. The van der Waals surface area contributed by atoms with Crippen molar-refractivity contribution in [2.24, 2.45) is 5.73 Å². The van der Waals surface area contributed by atoms with E-state index in [9.17, 15) is 18.0 Å². The number of primary amides is 1. The molecule has 0 saturated carbocycles. The number of carbonyl (C=O) groups excluding carboxylic acids is 1. The zero-order chi connectivity index (χ0) is 20.5. The summed E-state index contributed by atoms with van der Waals surface area (Å²) in [6, 6.07) is 14.6. The van der Waals surface area contributed by atoms with Gasteiger partial charge in [0, 0.05) is 10.0 Å². The van der Waals surface area contributed by atoms with Gasteiger partial charge in [0.1, 0.15) is 11.3 Å². The highest BCUT2D eigenvalue weighted by Gasteiger charge is 2.46. The molecular formula is C19H15BrF3N3O2. The molecule has 2 N–H and O–H groups in total. The predicted molar refractivity (Wildman–Crippen MR) is 99.8 cm³/mol. The minimum atomic E-state index is -4.72. The summed E-state index contributed by atoms with van der Waals surface area (Å²) in [5.41, 5.74) is 2.68. The predicted octanol–water partition coefficient (Wildman–Crippen LogP) is 5.01. The van der Waals surface area contributed by atoms with E-state index >= 15 is 0 Å². The highest BCUT2D eigenvalue weighted by Crippen LogP contribution is 2.42. The number of aromatic nitrogens is 2. The van der Waals surface area contributed by atoms with E-state index in [4.69, 9.17) is 10.5 Å². The van der Waals surface area contributed by atoms with E-state index in [1.54, 1.807) is 54.6 Å². The van der Waals surface area contributed by atoms with E-state index in [1.165, 1.54) is 6.92 Å². The van der Waals surface area contributed by atoms with Crippen molar-refractivity contribution in [3.63, 3.8) is 0 Å². The Morgan fingerprint density at radius 3 is 2.25 bits per heavy atom. The molecule has 5 nitrogen and oxygen atoms in total. The van der Waals surface area contributed by atoms with Gasteiger partial charge in [-0.2, -0.15) is 18.3 Å². The summed E-state index contributed by atoms with van der Waals surface area (Å²) in [6.45, 7) is 1.36. The van der Waals surface area contributed by atoms with Crippen LogP contribution in [0.4, 0.5) is 18.0 Å². The van der Waals surface area contributed by atoms with Crippen molar-refractivity contribution in [3.8, 4) is 5.69 Å². The molecule has 2 aromatic carbocycles. The number of benzene rings is 2. The van der Waals surface area contributed by atoms with Crippen LogP contribution in [0.1, 0.15) is 23.7 Å². The number of rotatable bonds is 4. The molecule has 0 aliphatic heterocycles. The Balaban J connectivity index is 2.33. The van der Waals surface area contributed by atoms with Crippen molar-refractivity contribution in [2.75, 3.05) is 0 Å². The Kier molecular flexibility index (Phi) is 5.20. The molecule has 1 heterocycles. The second-order valence-corrected chi connectivity index (χ2v) is 7.03. The average molecular weight is 454 g/mol. The molecule has 0 radical (unpaired) electrons. The molecule has 1 atom stereocenters. The van der Waals surface area contributed by atoms with Crippen LogP contribution >= 0.6 is 15.9 Å². The normalized spacial score (nSPS) is 13.8. The highest BCUT2D eigenvalue weighted by atomic mass is 79.9. The van der Waals surface area contributed by atoms with Gasteiger partial charge in [0.15, 0.2) is 5.60 Å². The van der Waals surface area contributed by atoms with Crippen molar-refractivity contribution >= 4 is 22.0 Å². The highest BCUT2D eigenvalue weighted by molar-refractivity contribution is 9.10. The molecule has 9 heteroatoms. The van der Waals surface area contributed by atoms with Gasteiger partial charge in [0.05, 0.1) is 11.9 Å². The van der Waals surface area contributed by atoms with Crippen molar-refractivity contribution in [3.05, 3.63) is 82.1 Å². The maximum absolute atomic E-state index is 13.8. The summed E-state index contributed by atoms with van der Waals surface area (Å²) in [7, 11) is 0. The summed E-state index contributed by atoms with van der Waals surface area (Å²) in [6.07, 6.45) is -5.22. The summed E-state index contributed by atoms with van der Waals surface area (Å²) in [5, 5.41) is 3.93. The summed E-state index contributed by atoms with van der Waals surface area (Å²) < 4.78 is 48.5. The molecule has 1 amide bonds.